The number of ether oxygens (including phenoxy) is 2. The highest BCUT2D eigenvalue weighted by Gasteiger charge is 1.97. The Morgan fingerprint density at radius 1 is 0.590 bits per heavy atom. The molecule has 2 amide bonds. The van der Waals surface area contributed by atoms with Crippen molar-refractivity contribution in [3.63, 3.8) is 0 Å². The number of carbonyl (C=O) groups excluding carboxylic acids is 2. The van der Waals surface area contributed by atoms with Gasteiger partial charge in [-0.1, -0.05) is 102 Å². The predicted molar refractivity (Wildman–Crippen MR) is 157 cm³/mol. The zero-order chi connectivity index (χ0) is 29.2. The Morgan fingerprint density at radius 3 is 1.31 bits per heavy atom. The first kappa shape index (κ1) is 38.6. The molecule has 0 aromatic carbocycles. The smallest absolute Gasteiger partial charge is 0.303 e. The average molecular weight is 551 g/mol. The quantitative estimate of drug-likeness (QED) is 0.101. The number of hydrogen-bond donors (Lipinski definition) is 3. The molecule has 0 aliphatic rings. The van der Waals surface area contributed by atoms with Gasteiger partial charge in [-0.25, -0.2) is 0 Å². The second kappa shape index (κ2) is 33.5. The molecular formula is C31H54N2O6. The van der Waals surface area contributed by atoms with Crippen LogP contribution in [0.5, 0.6) is 0 Å². The molecule has 0 aromatic rings. The third kappa shape index (κ3) is 42.8. The maximum absolute atomic E-state index is 10.4. The van der Waals surface area contributed by atoms with Crippen molar-refractivity contribution in [2.45, 2.75) is 129 Å². The monoisotopic (exact) mass is 550 g/mol. The van der Waals surface area contributed by atoms with E-state index in [0.29, 0.717) is 6.42 Å². The Kier molecular flexibility index (Phi) is 33.1. The molecule has 0 saturated heterocycles. The molecule has 0 saturated carbocycles. The second-order valence-corrected chi connectivity index (χ2v) is 9.59. The van der Waals surface area contributed by atoms with Crippen LogP contribution in [0, 0.1) is 23.7 Å². The molecule has 0 atom stereocenters. The van der Waals surface area contributed by atoms with Gasteiger partial charge in [-0.05, 0) is 31.1 Å². The molecule has 5 N–H and O–H groups in total. The molecule has 0 radical (unpaired) electrons. The lowest BCUT2D eigenvalue weighted by atomic mass is 10.1. The summed E-state index contributed by atoms with van der Waals surface area (Å²) in [4.78, 5) is 30.6. The molecule has 0 fully saturated rings. The average Bonchev–Trinajstić information content (AvgIpc) is 2.89. The van der Waals surface area contributed by atoms with Crippen LogP contribution in [0.3, 0.4) is 0 Å². The Bertz CT molecular complexity index is 700. The number of unbranched alkanes of at least 4 members (excludes halogenated alkanes) is 16. The van der Waals surface area contributed by atoms with Crippen LogP contribution in [0.4, 0.5) is 0 Å². The molecule has 0 bridgehead atoms. The number of primary amides is 2. The van der Waals surface area contributed by atoms with Crippen LogP contribution in [-0.2, 0) is 23.9 Å². The molecule has 0 aromatic heterocycles. The van der Waals surface area contributed by atoms with Gasteiger partial charge in [0.1, 0.15) is 13.2 Å². The highest BCUT2D eigenvalue weighted by Crippen LogP contribution is 2.11. The first-order valence-electron chi connectivity index (χ1n) is 14.8. The standard InChI is InChI=1S/C25H42O2.C6H12N2O4/c1-2-3-4-5-6-7-8-9-10-11-12-13-14-15-16-17-18-19-20-21-22-23-24-25(26)27;7-5(9)3-11-1-2-12-4-6(8)10/h2-12,17-24H2,1H3,(H,26,27);1-4H2,(H2,7,9)(H2,8,10). The highest BCUT2D eigenvalue weighted by molar-refractivity contribution is 5.75. The fourth-order valence-corrected chi connectivity index (χ4v) is 3.57. The van der Waals surface area contributed by atoms with Gasteiger partial charge >= 0.3 is 5.97 Å². The van der Waals surface area contributed by atoms with Crippen molar-refractivity contribution in [1.82, 2.24) is 0 Å². The Hall–Kier alpha value is -2.55. The SMILES string of the molecule is CCCCCCCCCCCCC#CC#CCCCCCCCCC(=O)O.NC(=O)COCCOCC(N)=O. The molecule has 8 nitrogen and oxygen atoms in total. The van der Waals surface area contributed by atoms with Crippen LogP contribution in [0.15, 0.2) is 0 Å². The van der Waals surface area contributed by atoms with Gasteiger partial charge in [-0.2, -0.15) is 0 Å². The maximum atomic E-state index is 10.4. The Morgan fingerprint density at radius 2 is 0.949 bits per heavy atom. The van der Waals surface area contributed by atoms with E-state index >= 15 is 0 Å². The minimum Gasteiger partial charge on any atom is -0.481 e. The zero-order valence-corrected chi connectivity index (χ0v) is 24.4. The van der Waals surface area contributed by atoms with Crippen LogP contribution in [-0.4, -0.2) is 49.3 Å². The van der Waals surface area contributed by atoms with Crippen LogP contribution in [0.1, 0.15) is 129 Å². The lowest BCUT2D eigenvalue weighted by Crippen LogP contribution is -2.22. The lowest BCUT2D eigenvalue weighted by Gasteiger charge is -2.01. The van der Waals surface area contributed by atoms with Gasteiger partial charge in [0, 0.05) is 19.3 Å². The zero-order valence-electron chi connectivity index (χ0n) is 24.4. The summed E-state index contributed by atoms with van der Waals surface area (Å²) in [5.41, 5.74) is 9.55. The molecule has 0 aliphatic heterocycles. The van der Waals surface area contributed by atoms with E-state index in [1.807, 2.05) is 0 Å². The molecule has 0 aliphatic carbocycles. The molecule has 39 heavy (non-hydrogen) atoms. The normalized spacial score (nSPS) is 9.87. The van der Waals surface area contributed by atoms with E-state index in [1.165, 1.54) is 77.0 Å². The number of carboxylic acid groups (broad SMARTS) is 1. The number of nitrogens with two attached hydrogens (primary N) is 2. The van der Waals surface area contributed by atoms with E-state index < -0.39 is 17.8 Å². The number of hydrogen-bond acceptors (Lipinski definition) is 5. The van der Waals surface area contributed by atoms with Crippen molar-refractivity contribution in [2.75, 3.05) is 26.4 Å². The summed E-state index contributed by atoms with van der Waals surface area (Å²) in [5, 5.41) is 8.55. The minimum atomic E-state index is -0.681. The summed E-state index contributed by atoms with van der Waals surface area (Å²) in [7, 11) is 0. The molecule has 0 unspecified atom stereocenters. The number of amides is 2. The van der Waals surface area contributed by atoms with Gasteiger partial charge in [0.2, 0.25) is 11.8 Å². The molecule has 0 heterocycles. The van der Waals surface area contributed by atoms with Crippen molar-refractivity contribution < 1.29 is 29.0 Å². The first-order valence-corrected chi connectivity index (χ1v) is 14.8. The fraction of sp³-hybridized carbons (Fsp3) is 0.774. The Labute approximate surface area is 237 Å². The van der Waals surface area contributed by atoms with E-state index in [2.05, 4.69) is 30.6 Å². The summed E-state index contributed by atoms with van der Waals surface area (Å²) in [6.07, 6.45) is 22.4. The van der Waals surface area contributed by atoms with Gasteiger partial charge in [0.05, 0.1) is 13.2 Å². The van der Waals surface area contributed by atoms with Gasteiger partial charge in [-0.3, -0.25) is 14.4 Å². The number of carboxylic acids is 1. The minimum absolute atomic E-state index is 0.139. The van der Waals surface area contributed by atoms with Gasteiger partial charge in [0.15, 0.2) is 0 Å². The van der Waals surface area contributed by atoms with E-state index in [1.54, 1.807) is 0 Å². The fourth-order valence-electron chi connectivity index (χ4n) is 3.57. The molecule has 0 spiro atoms. The first-order chi connectivity index (χ1) is 18.9. The van der Waals surface area contributed by atoms with Crippen LogP contribution < -0.4 is 11.5 Å². The van der Waals surface area contributed by atoms with Crippen LogP contribution >= 0.6 is 0 Å². The summed E-state index contributed by atoms with van der Waals surface area (Å²) in [5.74, 6) is 10.5. The third-order valence-electron chi connectivity index (χ3n) is 5.70. The van der Waals surface area contributed by atoms with Gasteiger partial charge < -0.3 is 26.0 Å². The van der Waals surface area contributed by atoms with Crippen molar-refractivity contribution in [1.29, 1.82) is 0 Å². The highest BCUT2D eigenvalue weighted by atomic mass is 16.5. The number of carbonyl (C=O) groups is 3. The molecule has 224 valence electrons. The van der Waals surface area contributed by atoms with Gasteiger partial charge in [-0.15, -0.1) is 0 Å². The summed E-state index contributed by atoms with van der Waals surface area (Å²) in [6.45, 7) is 2.43. The van der Waals surface area contributed by atoms with Gasteiger partial charge in [0.25, 0.3) is 0 Å². The van der Waals surface area contributed by atoms with Crippen LogP contribution in [0.2, 0.25) is 0 Å². The second-order valence-electron chi connectivity index (χ2n) is 9.59. The Balaban J connectivity index is 0. The van der Waals surface area contributed by atoms with E-state index in [0.717, 1.165) is 38.5 Å². The van der Waals surface area contributed by atoms with Crippen molar-refractivity contribution in [3.05, 3.63) is 0 Å². The lowest BCUT2D eigenvalue weighted by molar-refractivity contribution is -0.137. The van der Waals surface area contributed by atoms with Crippen molar-refractivity contribution in [3.8, 4) is 23.7 Å². The number of rotatable bonds is 25. The summed E-state index contributed by atoms with van der Waals surface area (Å²) < 4.78 is 9.45. The summed E-state index contributed by atoms with van der Waals surface area (Å²) in [6, 6.07) is 0. The largest absolute Gasteiger partial charge is 0.481 e. The van der Waals surface area contributed by atoms with Crippen LogP contribution in [0.25, 0.3) is 0 Å². The van der Waals surface area contributed by atoms with Crippen molar-refractivity contribution in [2.24, 2.45) is 11.5 Å². The molecule has 0 rings (SSSR count). The maximum Gasteiger partial charge on any atom is 0.303 e. The van der Waals surface area contributed by atoms with E-state index in [-0.39, 0.29) is 26.4 Å². The molecular weight excluding hydrogens is 496 g/mol. The topological polar surface area (TPSA) is 142 Å². The summed E-state index contributed by atoms with van der Waals surface area (Å²) >= 11 is 0. The third-order valence-corrected chi connectivity index (χ3v) is 5.70. The number of aliphatic carboxylic acids is 1. The molecule has 8 heteroatoms. The van der Waals surface area contributed by atoms with Crippen molar-refractivity contribution >= 4 is 17.8 Å². The van der Waals surface area contributed by atoms with E-state index in [9.17, 15) is 14.4 Å². The van der Waals surface area contributed by atoms with E-state index in [4.69, 9.17) is 26.0 Å². The predicted octanol–water partition coefficient (Wildman–Crippen LogP) is 5.50.